The number of alkyl halides is 9. The van der Waals surface area contributed by atoms with Crippen molar-refractivity contribution in [2.45, 2.75) is 20.4 Å². The third kappa shape index (κ3) is 4.27. The second-order valence-corrected chi connectivity index (χ2v) is 10.2. The first kappa shape index (κ1) is 25.1. The standard InChI is InChI=1S/C4HF9O6S3.Li/c5-2(6,7)20(14,15)1(21(16,17)3(8,9)10)22(18,19)4(11,12)13;/h1H;. The SMILES string of the molecule is O=S(=O)(C(S(=O)(=O)C(F)(F)F)S(=O)(=O)C(F)(F)F)C(F)(F)F.[Li]. The van der Waals surface area contributed by atoms with Crippen molar-refractivity contribution in [1.82, 2.24) is 0 Å². The smallest absolute Gasteiger partial charge is 0.217 e. The largest absolute Gasteiger partial charge is 0.499 e. The number of hydrogen-bond acceptors (Lipinski definition) is 6. The van der Waals surface area contributed by atoms with Crippen molar-refractivity contribution in [3.63, 3.8) is 0 Å². The first-order chi connectivity index (χ1) is 9.12. The van der Waals surface area contributed by atoms with Crippen LogP contribution in [0.15, 0.2) is 0 Å². The zero-order chi connectivity index (χ0) is 18.6. The summed E-state index contributed by atoms with van der Waals surface area (Å²) in [5.74, 6) is 0. The van der Waals surface area contributed by atoms with E-state index in [-0.39, 0.29) is 18.9 Å². The van der Waals surface area contributed by atoms with E-state index < -0.39 is 50.0 Å². The molecular weight excluding hydrogens is 418 g/mol. The van der Waals surface area contributed by atoms with Gasteiger partial charge < -0.3 is 0 Å². The monoisotopic (exact) mass is 419 g/mol. The second kappa shape index (κ2) is 6.27. The fourth-order valence-electron chi connectivity index (χ4n) is 0.828. The normalized spacial score (nSPS) is 15.4. The molecule has 0 fully saturated rings. The molecule has 1 radical (unpaired) electrons. The van der Waals surface area contributed by atoms with E-state index in [1.165, 1.54) is 0 Å². The van der Waals surface area contributed by atoms with Gasteiger partial charge in [-0.25, -0.2) is 25.3 Å². The van der Waals surface area contributed by atoms with Crippen LogP contribution in [0.3, 0.4) is 0 Å². The van der Waals surface area contributed by atoms with Gasteiger partial charge in [-0.1, -0.05) is 0 Å². The van der Waals surface area contributed by atoms with E-state index in [0.29, 0.717) is 0 Å². The van der Waals surface area contributed by atoms with Gasteiger partial charge in [0, 0.05) is 18.9 Å². The maximum absolute atomic E-state index is 12.1. The molecule has 0 heterocycles. The Labute approximate surface area is 133 Å². The number of sulfone groups is 3. The van der Waals surface area contributed by atoms with Gasteiger partial charge in [0.05, 0.1) is 0 Å². The molecule has 0 saturated heterocycles. The Balaban J connectivity index is 0. The summed E-state index contributed by atoms with van der Waals surface area (Å²) in [5, 5.41) is 0. The minimum absolute atomic E-state index is 0. The van der Waals surface area contributed by atoms with Gasteiger partial charge in [-0.05, 0) is 0 Å². The molecule has 0 aliphatic rings. The molecule has 6 nitrogen and oxygen atoms in total. The van der Waals surface area contributed by atoms with E-state index in [2.05, 4.69) is 0 Å². The molecule has 0 N–H and O–H groups in total. The van der Waals surface area contributed by atoms with Gasteiger partial charge in [0.2, 0.25) is 0 Å². The van der Waals surface area contributed by atoms with E-state index in [1.54, 1.807) is 0 Å². The summed E-state index contributed by atoms with van der Waals surface area (Å²) in [4.78, 5) is 0. The zero-order valence-corrected chi connectivity index (χ0v) is 12.6. The Morgan fingerprint density at radius 3 is 0.696 bits per heavy atom. The molecule has 0 unspecified atom stereocenters. The molecule has 0 aromatic carbocycles. The summed E-state index contributed by atoms with van der Waals surface area (Å²) in [7, 11) is -23.8. The van der Waals surface area contributed by atoms with Crippen LogP contribution in [0.1, 0.15) is 0 Å². The molecule has 0 amide bonds. The minimum Gasteiger partial charge on any atom is -0.217 e. The average molecular weight is 419 g/mol. The molecule has 135 valence electrons. The minimum atomic E-state index is -7.94. The van der Waals surface area contributed by atoms with Crippen LogP contribution in [-0.4, -0.2) is 64.6 Å². The summed E-state index contributed by atoms with van der Waals surface area (Å²) in [6.07, 6.45) is 0. The molecule has 0 aliphatic carbocycles. The number of halogens is 9. The molecule has 0 rings (SSSR count). The first-order valence-electron chi connectivity index (χ1n) is 4.02. The van der Waals surface area contributed by atoms with E-state index in [9.17, 15) is 64.8 Å². The quantitative estimate of drug-likeness (QED) is 0.493. The number of hydrogen-bond donors (Lipinski definition) is 0. The van der Waals surface area contributed by atoms with Crippen LogP contribution in [-0.2, 0) is 29.5 Å². The Hall–Kier alpha value is -0.183. The predicted octanol–water partition coefficient (Wildman–Crippen LogP) is 0.693. The maximum atomic E-state index is 12.1. The third-order valence-corrected chi connectivity index (χ3v) is 9.74. The van der Waals surface area contributed by atoms with Crippen molar-refractivity contribution in [2.24, 2.45) is 0 Å². The second-order valence-electron chi connectivity index (χ2n) is 3.26. The van der Waals surface area contributed by atoms with Crippen LogP contribution >= 0.6 is 0 Å². The van der Waals surface area contributed by atoms with Crippen LogP contribution in [0.25, 0.3) is 0 Å². The summed E-state index contributed by atoms with van der Waals surface area (Å²) in [5.41, 5.74) is -21.1. The van der Waals surface area contributed by atoms with Crippen molar-refractivity contribution >= 4 is 48.4 Å². The topological polar surface area (TPSA) is 102 Å². The molecule has 0 atom stereocenters. The first-order valence-corrected chi connectivity index (χ1v) is 8.66. The van der Waals surface area contributed by atoms with Gasteiger partial charge in [0.1, 0.15) is 0 Å². The average Bonchev–Trinajstić information content (AvgIpc) is 2.09. The van der Waals surface area contributed by atoms with E-state index in [1.807, 2.05) is 0 Å². The molecular formula is C4HF9LiO6S3. The zero-order valence-electron chi connectivity index (χ0n) is 10.2. The Morgan fingerprint density at radius 1 is 0.478 bits per heavy atom. The van der Waals surface area contributed by atoms with E-state index in [0.717, 1.165) is 0 Å². The fraction of sp³-hybridized carbons (Fsp3) is 1.00. The Morgan fingerprint density at radius 2 is 0.609 bits per heavy atom. The number of rotatable bonds is 3. The van der Waals surface area contributed by atoms with Gasteiger partial charge in [0.15, 0.2) is 0 Å². The van der Waals surface area contributed by atoms with Crippen molar-refractivity contribution in [3.05, 3.63) is 0 Å². The van der Waals surface area contributed by atoms with Crippen LogP contribution in [0.4, 0.5) is 39.5 Å². The Bertz CT molecular complexity index is 634. The van der Waals surface area contributed by atoms with Gasteiger partial charge in [-0.3, -0.25) is 0 Å². The van der Waals surface area contributed by atoms with Crippen LogP contribution in [0.5, 0.6) is 0 Å². The van der Waals surface area contributed by atoms with Crippen molar-refractivity contribution < 1.29 is 64.8 Å². The summed E-state index contributed by atoms with van der Waals surface area (Å²) in [6, 6.07) is 0. The molecule has 0 spiro atoms. The molecule has 0 aromatic heterocycles. The fourth-order valence-corrected chi connectivity index (χ4v) is 7.45. The van der Waals surface area contributed by atoms with Crippen LogP contribution in [0.2, 0.25) is 0 Å². The summed E-state index contributed by atoms with van der Waals surface area (Å²) < 4.78 is 167. The molecule has 23 heavy (non-hydrogen) atoms. The molecule has 19 heteroatoms. The van der Waals surface area contributed by atoms with Gasteiger partial charge >= 0.3 is 16.5 Å². The van der Waals surface area contributed by atoms with Crippen molar-refractivity contribution in [2.75, 3.05) is 0 Å². The third-order valence-electron chi connectivity index (χ3n) is 1.73. The summed E-state index contributed by atoms with van der Waals surface area (Å²) in [6.45, 7) is 0. The maximum Gasteiger partial charge on any atom is 0.499 e. The molecule has 0 aliphatic heterocycles. The predicted molar refractivity (Wildman–Crippen MR) is 54.5 cm³/mol. The van der Waals surface area contributed by atoms with Gasteiger partial charge in [-0.2, -0.15) is 39.5 Å². The van der Waals surface area contributed by atoms with E-state index in [4.69, 9.17) is 0 Å². The van der Waals surface area contributed by atoms with E-state index >= 15 is 0 Å². The molecule has 0 bridgehead atoms. The van der Waals surface area contributed by atoms with Gasteiger partial charge in [-0.15, -0.1) is 0 Å². The molecule has 0 saturated carbocycles. The van der Waals surface area contributed by atoms with Crippen molar-refractivity contribution in [1.29, 1.82) is 0 Å². The van der Waals surface area contributed by atoms with Crippen LogP contribution < -0.4 is 0 Å². The van der Waals surface area contributed by atoms with Crippen molar-refractivity contribution in [3.8, 4) is 0 Å². The Kier molecular flexibility index (Phi) is 6.84. The summed E-state index contributed by atoms with van der Waals surface area (Å²) >= 11 is 0. The van der Waals surface area contributed by atoms with Crippen LogP contribution in [0, 0.1) is 0 Å². The van der Waals surface area contributed by atoms with Gasteiger partial charge in [0.25, 0.3) is 33.4 Å². The molecule has 0 aromatic rings.